The maximum absolute atomic E-state index is 12.0. The van der Waals surface area contributed by atoms with Crippen LogP contribution < -0.4 is 5.32 Å². The molecular formula is C41H70NO8P. The summed E-state index contributed by atoms with van der Waals surface area (Å²) in [4.78, 5) is 33.6. The molecule has 0 saturated heterocycles. The van der Waals surface area contributed by atoms with Crippen molar-refractivity contribution in [3.8, 4) is 0 Å². The molecule has 0 aromatic rings. The normalized spacial score (nSPS) is 14.2. The third-order valence-electron chi connectivity index (χ3n) is 7.65. The molecule has 0 bridgehead atoms. The highest BCUT2D eigenvalue weighted by Gasteiger charge is 2.23. The van der Waals surface area contributed by atoms with Gasteiger partial charge in [0.25, 0.3) is 0 Å². The zero-order chi connectivity index (χ0) is 37.5. The van der Waals surface area contributed by atoms with E-state index in [2.05, 4.69) is 92.1 Å². The first-order valence-electron chi connectivity index (χ1n) is 19.4. The molecule has 2 unspecified atom stereocenters. The topological polar surface area (TPSA) is 131 Å². The van der Waals surface area contributed by atoms with Crippen molar-refractivity contribution in [2.75, 3.05) is 26.4 Å². The first-order chi connectivity index (χ1) is 24.8. The number of nitrogens with one attached hydrogen (secondary N) is 1. The van der Waals surface area contributed by atoms with Crippen LogP contribution in [0.4, 0.5) is 0 Å². The minimum Gasteiger partial charge on any atom is -0.463 e. The second kappa shape index (κ2) is 37.2. The van der Waals surface area contributed by atoms with Gasteiger partial charge in [0.05, 0.1) is 13.2 Å². The monoisotopic (exact) mass is 735 g/mol. The van der Waals surface area contributed by atoms with Crippen molar-refractivity contribution >= 4 is 19.7 Å². The predicted octanol–water partition coefficient (Wildman–Crippen LogP) is 10.3. The van der Waals surface area contributed by atoms with Gasteiger partial charge in [0.15, 0.2) is 0 Å². The highest BCUT2D eigenvalue weighted by molar-refractivity contribution is 7.47. The van der Waals surface area contributed by atoms with Crippen LogP contribution in [-0.2, 0) is 27.9 Å². The molecule has 0 aliphatic heterocycles. The van der Waals surface area contributed by atoms with E-state index in [1.54, 1.807) is 0 Å². The van der Waals surface area contributed by atoms with Gasteiger partial charge in [-0.15, -0.1) is 0 Å². The highest BCUT2D eigenvalue weighted by atomic mass is 31.2. The number of aliphatic hydroxyl groups is 1. The average Bonchev–Trinajstić information content (AvgIpc) is 3.11. The van der Waals surface area contributed by atoms with Gasteiger partial charge < -0.3 is 20.1 Å². The van der Waals surface area contributed by atoms with Crippen molar-refractivity contribution in [1.82, 2.24) is 5.32 Å². The first-order valence-corrected chi connectivity index (χ1v) is 20.9. The molecule has 0 fully saturated rings. The van der Waals surface area contributed by atoms with Gasteiger partial charge in [0.1, 0.15) is 12.7 Å². The molecule has 2 atom stereocenters. The number of amides is 1. The molecule has 0 heterocycles. The van der Waals surface area contributed by atoms with Crippen molar-refractivity contribution in [2.45, 2.75) is 148 Å². The van der Waals surface area contributed by atoms with E-state index in [9.17, 15) is 24.2 Å². The molecule has 10 heteroatoms. The molecule has 0 aromatic heterocycles. The van der Waals surface area contributed by atoms with Gasteiger partial charge in [0, 0.05) is 19.4 Å². The van der Waals surface area contributed by atoms with Crippen LogP contribution >= 0.6 is 7.82 Å². The number of carbonyl (C=O) groups excluding carboxylic acids is 2. The molecule has 0 spiro atoms. The smallest absolute Gasteiger partial charge is 0.463 e. The third-order valence-corrected chi connectivity index (χ3v) is 8.64. The Hall–Kier alpha value is -2.55. The van der Waals surface area contributed by atoms with Crippen molar-refractivity contribution in [3.05, 3.63) is 72.9 Å². The number of phosphoric acid groups is 1. The van der Waals surface area contributed by atoms with E-state index in [0.29, 0.717) is 6.42 Å². The number of carbonyl (C=O) groups is 2. The van der Waals surface area contributed by atoms with E-state index in [1.807, 2.05) is 0 Å². The molecule has 9 nitrogen and oxygen atoms in total. The van der Waals surface area contributed by atoms with Gasteiger partial charge in [-0.1, -0.05) is 138 Å². The zero-order valence-corrected chi connectivity index (χ0v) is 32.7. The fraction of sp³-hybridized carbons (Fsp3) is 0.659. The molecule has 292 valence electrons. The number of ether oxygens (including phenoxy) is 1. The summed E-state index contributed by atoms with van der Waals surface area (Å²) >= 11 is 0. The van der Waals surface area contributed by atoms with Gasteiger partial charge in [-0.05, 0) is 64.2 Å². The summed E-state index contributed by atoms with van der Waals surface area (Å²) in [6.45, 7) is 3.32. The number of allylic oxidation sites excluding steroid dienone is 12. The minimum atomic E-state index is -4.42. The van der Waals surface area contributed by atoms with Crippen molar-refractivity contribution in [2.24, 2.45) is 0 Å². The summed E-state index contributed by atoms with van der Waals surface area (Å²) in [7, 11) is -4.42. The SMILES string of the molecule is CC/C=C\C/C=C\C/C=C\C/C=C\C/C=C\C/C=C\CCCCCCC(=O)NCCOP(=O)(O)OCC(O)COC(=O)CCCCCCCCC. The van der Waals surface area contributed by atoms with Crippen LogP contribution in [0.15, 0.2) is 72.9 Å². The predicted molar refractivity (Wildman–Crippen MR) is 210 cm³/mol. The molecular weight excluding hydrogens is 665 g/mol. The third kappa shape index (κ3) is 38.5. The second-order valence-corrected chi connectivity index (χ2v) is 14.0. The van der Waals surface area contributed by atoms with Crippen LogP contribution in [0.1, 0.15) is 142 Å². The molecule has 1 amide bonds. The van der Waals surface area contributed by atoms with E-state index in [-0.39, 0.29) is 32.1 Å². The summed E-state index contributed by atoms with van der Waals surface area (Å²) in [5.41, 5.74) is 0. The molecule has 3 N–H and O–H groups in total. The van der Waals surface area contributed by atoms with Crippen molar-refractivity contribution in [1.29, 1.82) is 0 Å². The number of unbranched alkanes of at least 4 members (excludes halogenated alkanes) is 10. The summed E-state index contributed by atoms with van der Waals surface area (Å²) in [5.74, 6) is -0.555. The Kier molecular flexibility index (Phi) is 35.4. The Labute approximate surface area is 310 Å². The Morgan fingerprint density at radius 1 is 0.627 bits per heavy atom. The Morgan fingerprint density at radius 2 is 1.12 bits per heavy atom. The summed E-state index contributed by atoms with van der Waals surface area (Å²) in [6.07, 6.45) is 44.3. The van der Waals surface area contributed by atoms with E-state index < -0.39 is 26.5 Å². The molecule has 0 aromatic carbocycles. The van der Waals surface area contributed by atoms with E-state index in [4.69, 9.17) is 13.8 Å². The number of hydrogen-bond donors (Lipinski definition) is 3. The standard InChI is InChI=1S/C41H70NO8P/c1-3-5-7-9-11-12-13-14-15-16-17-18-19-20-21-22-23-24-25-26-28-29-31-33-40(44)42-35-36-49-51(46,47)50-38-39(43)37-48-41(45)34-32-30-27-10-8-6-4-2/h5,7,11-12,14-15,17-18,20-21,23-24,39,43H,3-4,6,8-10,13,16,19,22,25-38H2,1-2H3,(H,42,44)(H,46,47)/b7-5-,12-11-,15-14-,18-17-,21-20-,24-23-. The zero-order valence-electron chi connectivity index (χ0n) is 31.8. The van der Waals surface area contributed by atoms with Gasteiger partial charge >= 0.3 is 13.8 Å². The van der Waals surface area contributed by atoms with Gasteiger partial charge in [-0.2, -0.15) is 0 Å². The van der Waals surface area contributed by atoms with Gasteiger partial charge in [0.2, 0.25) is 5.91 Å². The maximum Gasteiger partial charge on any atom is 0.472 e. The fourth-order valence-electron chi connectivity index (χ4n) is 4.73. The second-order valence-electron chi connectivity index (χ2n) is 12.5. The number of aliphatic hydroxyl groups excluding tert-OH is 1. The minimum absolute atomic E-state index is 0.0637. The molecule has 0 rings (SSSR count). The fourth-order valence-corrected chi connectivity index (χ4v) is 5.49. The molecule has 51 heavy (non-hydrogen) atoms. The van der Waals surface area contributed by atoms with Crippen LogP contribution in [0, 0.1) is 0 Å². The van der Waals surface area contributed by atoms with Crippen LogP contribution in [0.5, 0.6) is 0 Å². The molecule has 0 radical (unpaired) electrons. The number of rotatable bonds is 35. The summed E-state index contributed by atoms with van der Waals surface area (Å²) < 4.78 is 26.7. The van der Waals surface area contributed by atoms with Crippen LogP contribution in [-0.4, -0.2) is 54.3 Å². The quantitative estimate of drug-likeness (QED) is 0.0254. The summed E-state index contributed by atoms with van der Waals surface area (Å²) in [5, 5.41) is 12.6. The number of esters is 1. The first kappa shape index (κ1) is 48.5. The lowest BCUT2D eigenvalue weighted by Gasteiger charge is -2.15. The van der Waals surface area contributed by atoms with Crippen LogP contribution in [0.25, 0.3) is 0 Å². The van der Waals surface area contributed by atoms with Crippen LogP contribution in [0.3, 0.4) is 0 Å². The van der Waals surface area contributed by atoms with E-state index in [0.717, 1.165) is 89.9 Å². The Morgan fingerprint density at radius 3 is 1.69 bits per heavy atom. The lowest BCUT2D eigenvalue weighted by atomic mass is 10.1. The molecule has 0 saturated carbocycles. The van der Waals surface area contributed by atoms with Gasteiger partial charge in [-0.25, -0.2) is 4.57 Å². The Bertz CT molecular complexity index is 1070. The molecule has 0 aliphatic carbocycles. The van der Waals surface area contributed by atoms with E-state index >= 15 is 0 Å². The van der Waals surface area contributed by atoms with E-state index in [1.165, 1.54) is 25.7 Å². The average molecular weight is 736 g/mol. The van der Waals surface area contributed by atoms with Crippen LogP contribution in [0.2, 0.25) is 0 Å². The highest BCUT2D eigenvalue weighted by Crippen LogP contribution is 2.42. The Balaban J connectivity index is 3.69. The number of phosphoric ester groups is 1. The van der Waals surface area contributed by atoms with Crippen molar-refractivity contribution in [3.63, 3.8) is 0 Å². The number of hydrogen-bond acceptors (Lipinski definition) is 7. The summed E-state index contributed by atoms with van der Waals surface area (Å²) in [6, 6.07) is 0. The van der Waals surface area contributed by atoms with Crippen molar-refractivity contribution < 1.29 is 37.9 Å². The lowest BCUT2D eigenvalue weighted by molar-refractivity contribution is -0.147. The largest absolute Gasteiger partial charge is 0.472 e. The van der Waals surface area contributed by atoms with Gasteiger partial charge in [-0.3, -0.25) is 18.6 Å². The lowest BCUT2D eigenvalue weighted by Crippen LogP contribution is -2.27. The maximum atomic E-state index is 12.0. The molecule has 0 aliphatic rings.